The topological polar surface area (TPSA) is 74.5 Å². The Kier molecular flexibility index (Phi) is 5.81. The molecule has 1 aliphatic heterocycles. The predicted octanol–water partition coefficient (Wildman–Crippen LogP) is 4.86. The minimum atomic E-state index is -0.837. The number of carboxylic acids is 1. The minimum Gasteiger partial charge on any atom is -0.481 e. The molecule has 7 nitrogen and oxygen atoms in total. The highest BCUT2D eigenvalue weighted by atomic mass is 16.4. The van der Waals surface area contributed by atoms with E-state index < -0.39 is 5.97 Å². The fourth-order valence-electron chi connectivity index (χ4n) is 5.28. The molecule has 2 aromatic carbocycles. The summed E-state index contributed by atoms with van der Waals surface area (Å²) in [6.07, 6.45) is 3.72. The van der Waals surface area contributed by atoms with Crippen molar-refractivity contribution in [2.45, 2.75) is 40.3 Å². The first-order chi connectivity index (χ1) is 16.7. The van der Waals surface area contributed by atoms with Crippen LogP contribution in [0.1, 0.15) is 27.9 Å². The first-order valence-corrected chi connectivity index (χ1v) is 11.9. The largest absolute Gasteiger partial charge is 0.481 e. The molecule has 0 unspecified atom stereocenters. The highest BCUT2D eigenvalue weighted by Crippen LogP contribution is 2.46. The van der Waals surface area contributed by atoms with Gasteiger partial charge >= 0.3 is 5.97 Å². The second-order valence-corrected chi connectivity index (χ2v) is 9.74. The second kappa shape index (κ2) is 8.82. The summed E-state index contributed by atoms with van der Waals surface area (Å²) in [5.74, 6) is -0.192. The van der Waals surface area contributed by atoms with Gasteiger partial charge in [-0.1, -0.05) is 29.8 Å². The van der Waals surface area contributed by atoms with Crippen molar-refractivity contribution in [2.24, 2.45) is 0 Å². The van der Waals surface area contributed by atoms with Crippen LogP contribution in [0.5, 0.6) is 0 Å². The van der Waals surface area contributed by atoms with Crippen LogP contribution in [0, 0.1) is 20.8 Å². The lowest BCUT2D eigenvalue weighted by Crippen LogP contribution is -2.30. The first kappa shape index (κ1) is 23.1. The molecule has 0 bridgehead atoms. The molecule has 3 heterocycles. The molecule has 2 aromatic heterocycles. The number of anilines is 2. The number of aryl methyl sites for hydroxylation is 2. The maximum absolute atomic E-state index is 12.0. The molecule has 0 atom stereocenters. The van der Waals surface area contributed by atoms with Crippen molar-refractivity contribution >= 4 is 28.5 Å². The minimum absolute atomic E-state index is 0.0430. The maximum atomic E-state index is 12.0. The van der Waals surface area contributed by atoms with Gasteiger partial charge in [-0.25, -0.2) is 9.97 Å². The van der Waals surface area contributed by atoms with Crippen molar-refractivity contribution < 1.29 is 9.90 Å². The number of benzene rings is 2. The Bertz CT molecular complexity index is 1420. The second-order valence-electron chi connectivity index (χ2n) is 9.74. The van der Waals surface area contributed by atoms with Gasteiger partial charge in [0.1, 0.15) is 0 Å². The highest BCUT2D eigenvalue weighted by Gasteiger charge is 2.30. The van der Waals surface area contributed by atoms with E-state index in [-0.39, 0.29) is 6.42 Å². The van der Waals surface area contributed by atoms with E-state index in [9.17, 15) is 9.90 Å². The zero-order valence-corrected chi connectivity index (χ0v) is 21.0. The Balaban J connectivity index is 1.76. The summed E-state index contributed by atoms with van der Waals surface area (Å²) in [5, 5.41) is 10.9. The number of carboxylic acid groups (broad SMARTS) is 1. The van der Waals surface area contributed by atoms with Crippen molar-refractivity contribution in [2.75, 3.05) is 25.5 Å². The smallest absolute Gasteiger partial charge is 0.307 e. The van der Waals surface area contributed by atoms with Crippen LogP contribution in [0.15, 0.2) is 42.7 Å². The third kappa shape index (κ3) is 4.06. The molecule has 1 N–H and O–H groups in total. The standard InChI is InChI=1S/C28H31N5O2/c1-17-6-8-21(9-7-17)25-22(13-24(34)35)19(3)26-27-23(25)12-18(2)32(27)10-11-33(26)28-29-14-20(15-30-28)16-31(4)5/h6-9,12,14-15H,10-11,13,16H2,1-5H3,(H,34,35). The third-order valence-electron chi connectivity index (χ3n) is 6.82. The number of carbonyl (C=O) groups is 1. The molecule has 7 heteroatoms. The van der Waals surface area contributed by atoms with E-state index in [0.29, 0.717) is 5.95 Å². The molecular weight excluding hydrogens is 438 g/mol. The molecule has 0 radical (unpaired) electrons. The molecule has 0 saturated heterocycles. The zero-order valence-electron chi connectivity index (χ0n) is 21.0. The summed E-state index contributed by atoms with van der Waals surface area (Å²) in [7, 11) is 4.05. The number of aliphatic carboxylic acids is 1. The predicted molar refractivity (Wildman–Crippen MR) is 139 cm³/mol. The third-order valence-corrected chi connectivity index (χ3v) is 6.82. The number of hydrogen-bond acceptors (Lipinski definition) is 5. The van der Waals surface area contributed by atoms with Crippen molar-refractivity contribution in [1.82, 2.24) is 19.4 Å². The van der Waals surface area contributed by atoms with Crippen LogP contribution in [0.3, 0.4) is 0 Å². The summed E-state index contributed by atoms with van der Waals surface area (Å²) >= 11 is 0. The van der Waals surface area contributed by atoms with E-state index in [4.69, 9.17) is 9.97 Å². The average molecular weight is 470 g/mol. The number of aromatic nitrogens is 3. The number of rotatable bonds is 6. The fourth-order valence-corrected chi connectivity index (χ4v) is 5.28. The summed E-state index contributed by atoms with van der Waals surface area (Å²) in [6.45, 7) is 8.54. The SMILES string of the molecule is Cc1ccc(-c2c(CC(=O)O)c(C)c3c4c2cc(C)n4CCN3c2ncc(CN(C)C)cn2)cc1. The molecule has 0 amide bonds. The lowest BCUT2D eigenvalue weighted by Gasteiger charge is -2.33. The van der Waals surface area contributed by atoms with Gasteiger partial charge in [0, 0.05) is 48.7 Å². The van der Waals surface area contributed by atoms with Gasteiger partial charge < -0.3 is 19.5 Å². The van der Waals surface area contributed by atoms with Crippen molar-refractivity contribution in [3.8, 4) is 11.1 Å². The summed E-state index contributed by atoms with van der Waals surface area (Å²) < 4.78 is 2.34. The van der Waals surface area contributed by atoms with Crippen LogP contribution in [0.25, 0.3) is 22.0 Å². The molecule has 0 spiro atoms. The van der Waals surface area contributed by atoms with E-state index in [0.717, 1.165) is 64.0 Å². The van der Waals surface area contributed by atoms with Gasteiger partial charge in [0.2, 0.25) is 5.95 Å². The monoisotopic (exact) mass is 469 g/mol. The summed E-state index contributed by atoms with van der Waals surface area (Å²) in [4.78, 5) is 25.7. The first-order valence-electron chi connectivity index (χ1n) is 11.9. The van der Waals surface area contributed by atoms with Crippen LogP contribution in [-0.4, -0.2) is 51.2 Å². The van der Waals surface area contributed by atoms with E-state index in [1.807, 2.05) is 33.4 Å². The average Bonchev–Trinajstić information content (AvgIpc) is 3.14. The molecule has 180 valence electrons. The molecule has 1 aliphatic rings. The van der Waals surface area contributed by atoms with Crippen LogP contribution >= 0.6 is 0 Å². The lowest BCUT2D eigenvalue weighted by atomic mass is 9.88. The quantitative estimate of drug-likeness (QED) is 0.435. The molecule has 5 rings (SSSR count). The Morgan fingerprint density at radius 2 is 1.74 bits per heavy atom. The van der Waals surface area contributed by atoms with Gasteiger partial charge in [-0.05, 0) is 63.2 Å². The lowest BCUT2D eigenvalue weighted by molar-refractivity contribution is -0.136. The van der Waals surface area contributed by atoms with Crippen LogP contribution in [0.2, 0.25) is 0 Å². The van der Waals surface area contributed by atoms with E-state index in [1.165, 1.54) is 11.3 Å². The molecule has 35 heavy (non-hydrogen) atoms. The highest BCUT2D eigenvalue weighted by molar-refractivity contribution is 6.08. The summed E-state index contributed by atoms with van der Waals surface area (Å²) in [6, 6.07) is 10.6. The van der Waals surface area contributed by atoms with Crippen molar-refractivity contribution in [1.29, 1.82) is 0 Å². The fraction of sp³-hybridized carbons (Fsp3) is 0.321. The molecule has 0 saturated carbocycles. The van der Waals surface area contributed by atoms with Crippen LogP contribution < -0.4 is 4.90 Å². The zero-order chi connectivity index (χ0) is 24.9. The van der Waals surface area contributed by atoms with Crippen LogP contribution in [-0.2, 0) is 24.3 Å². The van der Waals surface area contributed by atoms with Gasteiger partial charge in [-0.2, -0.15) is 0 Å². The molecular formula is C28H31N5O2. The van der Waals surface area contributed by atoms with Crippen molar-refractivity contribution in [3.05, 3.63) is 70.7 Å². The maximum Gasteiger partial charge on any atom is 0.307 e. The Hall–Kier alpha value is -3.71. The Labute approximate surface area is 205 Å². The molecule has 0 aliphatic carbocycles. The normalized spacial score (nSPS) is 13.1. The number of hydrogen-bond donors (Lipinski definition) is 1. The van der Waals surface area contributed by atoms with Gasteiger partial charge in [0.05, 0.1) is 17.6 Å². The van der Waals surface area contributed by atoms with Crippen molar-refractivity contribution in [3.63, 3.8) is 0 Å². The Morgan fingerprint density at radius 3 is 2.37 bits per heavy atom. The Morgan fingerprint density at radius 1 is 1.06 bits per heavy atom. The number of nitrogens with zero attached hydrogens (tertiary/aromatic N) is 5. The van der Waals surface area contributed by atoms with Gasteiger partial charge in [0.15, 0.2) is 0 Å². The van der Waals surface area contributed by atoms with E-state index in [2.05, 4.69) is 58.5 Å². The van der Waals surface area contributed by atoms with Gasteiger partial charge in [0.25, 0.3) is 0 Å². The molecule has 0 fully saturated rings. The molecule has 4 aromatic rings. The summed E-state index contributed by atoms with van der Waals surface area (Å²) in [5.41, 5.74) is 9.39. The van der Waals surface area contributed by atoms with Gasteiger partial charge in [-0.3, -0.25) is 4.79 Å². The van der Waals surface area contributed by atoms with E-state index >= 15 is 0 Å². The van der Waals surface area contributed by atoms with Crippen LogP contribution in [0.4, 0.5) is 11.6 Å². The van der Waals surface area contributed by atoms with Gasteiger partial charge in [-0.15, -0.1) is 0 Å². The van der Waals surface area contributed by atoms with E-state index in [1.54, 1.807) is 0 Å².